The van der Waals surface area contributed by atoms with Gasteiger partial charge in [0.1, 0.15) is 12.0 Å². The summed E-state index contributed by atoms with van der Waals surface area (Å²) in [5.41, 5.74) is 7.87. The molecule has 0 aliphatic carbocycles. The summed E-state index contributed by atoms with van der Waals surface area (Å²) in [6.07, 6.45) is 8.00. The number of rotatable bonds is 8. The van der Waals surface area contributed by atoms with Crippen molar-refractivity contribution in [3.8, 4) is 0 Å². The van der Waals surface area contributed by atoms with Crippen molar-refractivity contribution in [2.24, 2.45) is 0 Å². The Bertz CT molecular complexity index is 741. The summed E-state index contributed by atoms with van der Waals surface area (Å²) < 4.78 is 2.04. The molecule has 7 nitrogen and oxygen atoms in total. The molecule has 3 aromatic rings. The van der Waals surface area contributed by atoms with Gasteiger partial charge in [-0.05, 0) is 12.0 Å². The number of nitrogens with zero attached hydrogens (tertiary/aromatic N) is 4. The summed E-state index contributed by atoms with van der Waals surface area (Å²) in [6.45, 7) is 2.34. The predicted molar refractivity (Wildman–Crippen MR) is 95.5 cm³/mol. The standard InChI is InChI=1S/C17H21N7/c18-15-16(20-7-4-9-24-10-8-19-13-24)22-12-23-17(15)21-11-14-5-2-1-3-6-14/h1-3,5-6,8,10,12-13H,4,7,9,11,18H2,(H2,20,21,22,23). The zero-order chi connectivity index (χ0) is 16.6. The van der Waals surface area contributed by atoms with Crippen LogP contribution < -0.4 is 16.4 Å². The highest BCUT2D eigenvalue weighted by Crippen LogP contribution is 2.22. The van der Waals surface area contributed by atoms with E-state index in [2.05, 4.69) is 37.7 Å². The first kappa shape index (κ1) is 15.8. The van der Waals surface area contributed by atoms with E-state index >= 15 is 0 Å². The number of anilines is 3. The van der Waals surface area contributed by atoms with Crippen molar-refractivity contribution in [1.82, 2.24) is 19.5 Å². The molecular weight excluding hydrogens is 302 g/mol. The third-order valence-corrected chi connectivity index (χ3v) is 3.63. The zero-order valence-electron chi connectivity index (χ0n) is 13.4. The molecule has 3 rings (SSSR count). The molecule has 0 unspecified atom stereocenters. The number of nitrogens with one attached hydrogen (secondary N) is 2. The molecule has 124 valence electrons. The van der Waals surface area contributed by atoms with Crippen molar-refractivity contribution in [1.29, 1.82) is 0 Å². The van der Waals surface area contributed by atoms with Crippen LogP contribution in [0.5, 0.6) is 0 Å². The summed E-state index contributed by atoms with van der Waals surface area (Å²) in [4.78, 5) is 12.5. The van der Waals surface area contributed by atoms with Gasteiger partial charge in [0.25, 0.3) is 0 Å². The van der Waals surface area contributed by atoms with Gasteiger partial charge >= 0.3 is 0 Å². The number of benzene rings is 1. The summed E-state index contributed by atoms with van der Waals surface area (Å²) >= 11 is 0. The minimum atomic E-state index is 0.538. The highest BCUT2D eigenvalue weighted by molar-refractivity contribution is 5.73. The summed E-state index contributed by atoms with van der Waals surface area (Å²) in [7, 11) is 0. The van der Waals surface area contributed by atoms with E-state index in [1.165, 1.54) is 11.9 Å². The lowest BCUT2D eigenvalue weighted by Gasteiger charge is -2.12. The maximum atomic E-state index is 6.16. The normalized spacial score (nSPS) is 10.5. The van der Waals surface area contributed by atoms with Gasteiger partial charge in [0.15, 0.2) is 11.6 Å². The molecule has 0 aliphatic heterocycles. The average molecular weight is 323 g/mol. The Balaban J connectivity index is 1.52. The van der Waals surface area contributed by atoms with Gasteiger partial charge in [0.2, 0.25) is 0 Å². The molecule has 0 aliphatic rings. The molecule has 4 N–H and O–H groups in total. The van der Waals surface area contributed by atoms with Crippen LogP contribution in [0.4, 0.5) is 17.3 Å². The molecule has 0 atom stereocenters. The molecule has 1 aromatic carbocycles. The molecule has 0 spiro atoms. The molecule has 2 heterocycles. The molecule has 0 radical (unpaired) electrons. The molecule has 0 amide bonds. The van der Waals surface area contributed by atoms with E-state index in [1.54, 1.807) is 6.20 Å². The highest BCUT2D eigenvalue weighted by Gasteiger charge is 2.07. The van der Waals surface area contributed by atoms with Crippen molar-refractivity contribution >= 4 is 17.3 Å². The number of aromatic nitrogens is 4. The van der Waals surface area contributed by atoms with Crippen molar-refractivity contribution in [2.45, 2.75) is 19.5 Å². The second kappa shape index (κ2) is 7.96. The van der Waals surface area contributed by atoms with Gasteiger partial charge < -0.3 is 20.9 Å². The van der Waals surface area contributed by atoms with Crippen molar-refractivity contribution in [3.63, 3.8) is 0 Å². The monoisotopic (exact) mass is 323 g/mol. The van der Waals surface area contributed by atoms with E-state index in [1.807, 2.05) is 35.3 Å². The second-order valence-corrected chi connectivity index (χ2v) is 5.40. The summed E-state index contributed by atoms with van der Waals surface area (Å²) in [6, 6.07) is 10.1. The summed E-state index contributed by atoms with van der Waals surface area (Å²) in [5, 5.41) is 6.52. The zero-order valence-corrected chi connectivity index (χ0v) is 13.4. The average Bonchev–Trinajstić information content (AvgIpc) is 3.13. The molecule has 7 heteroatoms. The second-order valence-electron chi connectivity index (χ2n) is 5.40. The van der Waals surface area contributed by atoms with Gasteiger partial charge in [-0.2, -0.15) is 0 Å². The number of nitrogen functional groups attached to an aromatic ring is 1. The number of imidazole rings is 1. The fourth-order valence-electron chi connectivity index (χ4n) is 2.35. The van der Waals surface area contributed by atoms with E-state index in [0.29, 0.717) is 23.9 Å². The maximum absolute atomic E-state index is 6.16. The number of hydrogen-bond acceptors (Lipinski definition) is 6. The van der Waals surface area contributed by atoms with Gasteiger partial charge in [-0.1, -0.05) is 30.3 Å². The Kier molecular flexibility index (Phi) is 5.24. The number of aryl methyl sites for hydroxylation is 1. The molecular formula is C17H21N7. The maximum Gasteiger partial charge on any atom is 0.155 e. The first-order valence-electron chi connectivity index (χ1n) is 7.91. The third-order valence-electron chi connectivity index (χ3n) is 3.63. The third kappa shape index (κ3) is 4.22. The van der Waals surface area contributed by atoms with Crippen molar-refractivity contribution in [3.05, 3.63) is 60.9 Å². The predicted octanol–water partition coefficient (Wildman–Crippen LogP) is 2.37. The van der Waals surface area contributed by atoms with Gasteiger partial charge in [-0.15, -0.1) is 0 Å². The number of nitrogens with two attached hydrogens (primary N) is 1. The van der Waals surface area contributed by atoms with E-state index < -0.39 is 0 Å². The summed E-state index contributed by atoms with van der Waals surface area (Å²) in [5.74, 6) is 1.30. The van der Waals surface area contributed by atoms with Crippen LogP contribution in [0.1, 0.15) is 12.0 Å². The van der Waals surface area contributed by atoms with Crippen LogP contribution >= 0.6 is 0 Å². The van der Waals surface area contributed by atoms with Crippen LogP contribution in [0.2, 0.25) is 0 Å². The van der Waals surface area contributed by atoms with Crippen molar-refractivity contribution in [2.75, 3.05) is 22.9 Å². The van der Waals surface area contributed by atoms with Crippen molar-refractivity contribution < 1.29 is 0 Å². The lowest BCUT2D eigenvalue weighted by molar-refractivity contribution is 0.660. The molecule has 0 bridgehead atoms. The Morgan fingerprint density at radius 2 is 1.83 bits per heavy atom. The van der Waals surface area contributed by atoms with Crippen LogP contribution in [-0.2, 0) is 13.1 Å². The van der Waals surface area contributed by atoms with Gasteiger partial charge in [-0.3, -0.25) is 0 Å². The minimum Gasteiger partial charge on any atom is -0.393 e. The Hall–Kier alpha value is -3.09. The fourth-order valence-corrected chi connectivity index (χ4v) is 2.35. The highest BCUT2D eigenvalue weighted by atomic mass is 15.1. The molecule has 0 fully saturated rings. The first-order valence-corrected chi connectivity index (χ1v) is 7.91. The Morgan fingerprint density at radius 3 is 2.58 bits per heavy atom. The first-order chi connectivity index (χ1) is 11.8. The van der Waals surface area contributed by atoms with E-state index in [-0.39, 0.29) is 0 Å². The lowest BCUT2D eigenvalue weighted by atomic mass is 10.2. The van der Waals surface area contributed by atoms with E-state index in [9.17, 15) is 0 Å². The topological polar surface area (TPSA) is 93.7 Å². The van der Waals surface area contributed by atoms with E-state index in [4.69, 9.17) is 5.73 Å². The number of hydrogen-bond donors (Lipinski definition) is 3. The van der Waals surface area contributed by atoms with Gasteiger partial charge in [0.05, 0.1) is 6.33 Å². The van der Waals surface area contributed by atoms with Gasteiger partial charge in [0, 0.05) is 32.0 Å². The van der Waals surface area contributed by atoms with Crippen LogP contribution in [0, 0.1) is 0 Å². The fraction of sp³-hybridized carbons (Fsp3) is 0.235. The Labute approximate surface area is 141 Å². The molecule has 0 saturated heterocycles. The van der Waals surface area contributed by atoms with Crippen LogP contribution in [-0.4, -0.2) is 26.1 Å². The van der Waals surface area contributed by atoms with Crippen LogP contribution in [0.25, 0.3) is 0 Å². The van der Waals surface area contributed by atoms with Crippen LogP contribution in [0.15, 0.2) is 55.4 Å². The van der Waals surface area contributed by atoms with E-state index in [0.717, 1.165) is 19.5 Å². The smallest absolute Gasteiger partial charge is 0.155 e. The largest absolute Gasteiger partial charge is 0.393 e. The van der Waals surface area contributed by atoms with Crippen LogP contribution in [0.3, 0.4) is 0 Å². The Morgan fingerprint density at radius 1 is 1.04 bits per heavy atom. The quantitative estimate of drug-likeness (QED) is 0.551. The molecule has 0 saturated carbocycles. The minimum absolute atomic E-state index is 0.538. The van der Waals surface area contributed by atoms with Gasteiger partial charge in [-0.25, -0.2) is 15.0 Å². The SMILES string of the molecule is Nc1c(NCCCn2ccnc2)ncnc1NCc1ccccc1. The molecule has 24 heavy (non-hydrogen) atoms. The lowest BCUT2D eigenvalue weighted by Crippen LogP contribution is -2.11. The molecule has 2 aromatic heterocycles.